The van der Waals surface area contributed by atoms with Gasteiger partial charge in [-0.05, 0) is 31.0 Å². The molecule has 8 heteroatoms. The molecule has 0 radical (unpaired) electrons. The van der Waals surface area contributed by atoms with Crippen molar-refractivity contribution in [3.05, 3.63) is 28.7 Å². The first-order chi connectivity index (χ1) is 13.8. The van der Waals surface area contributed by atoms with Crippen LogP contribution in [0.4, 0.5) is 0 Å². The first-order valence-corrected chi connectivity index (χ1v) is 10.9. The predicted molar refractivity (Wildman–Crippen MR) is 112 cm³/mol. The number of hydrogen-bond donors (Lipinski definition) is 1. The molecule has 7 nitrogen and oxygen atoms in total. The van der Waals surface area contributed by atoms with Crippen LogP contribution in [0.25, 0.3) is 0 Å². The van der Waals surface area contributed by atoms with Gasteiger partial charge in [0, 0.05) is 62.3 Å². The highest BCUT2D eigenvalue weighted by Crippen LogP contribution is 2.29. The highest BCUT2D eigenvalue weighted by molar-refractivity contribution is 9.10. The van der Waals surface area contributed by atoms with Crippen LogP contribution in [0.15, 0.2) is 28.7 Å². The van der Waals surface area contributed by atoms with Gasteiger partial charge in [-0.25, -0.2) is 0 Å². The van der Waals surface area contributed by atoms with Crippen molar-refractivity contribution in [2.24, 2.45) is 17.6 Å². The van der Waals surface area contributed by atoms with Gasteiger partial charge in [-0.2, -0.15) is 0 Å². The number of nitrogens with zero attached hydrogens (tertiary/aromatic N) is 2. The average molecular weight is 466 g/mol. The second kappa shape index (κ2) is 9.61. The first-order valence-electron chi connectivity index (χ1n) is 10.1. The number of carbonyl (C=O) groups is 3. The van der Waals surface area contributed by atoms with Crippen LogP contribution in [-0.2, 0) is 14.4 Å². The molecule has 1 aromatic carbocycles. The second-order valence-corrected chi connectivity index (χ2v) is 8.81. The summed E-state index contributed by atoms with van der Waals surface area (Å²) in [5, 5.41) is 0. The number of nitrogens with two attached hydrogens (primary N) is 1. The Morgan fingerprint density at radius 1 is 1.14 bits per heavy atom. The highest BCUT2D eigenvalue weighted by Gasteiger charge is 2.37. The molecule has 2 heterocycles. The zero-order valence-corrected chi connectivity index (χ0v) is 18.3. The number of carbonyl (C=O) groups excluding carboxylic acids is 3. The summed E-state index contributed by atoms with van der Waals surface area (Å²) in [6.45, 7) is 3.87. The van der Waals surface area contributed by atoms with Gasteiger partial charge in [-0.3, -0.25) is 14.4 Å². The minimum atomic E-state index is -0.387. The Hall–Kier alpha value is -2.09. The van der Waals surface area contributed by atoms with Crippen LogP contribution in [0.2, 0.25) is 0 Å². The van der Waals surface area contributed by atoms with Crippen molar-refractivity contribution >= 4 is 33.7 Å². The van der Waals surface area contributed by atoms with Crippen LogP contribution in [0.1, 0.15) is 32.6 Å². The van der Waals surface area contributed by atoms with Crippen molar-refractivity contribution in [1.29, 1.82) is 0 Å². The number of primary amides is 1. The van der Waals surface area contributed by atoms with Gasteiger partial charge in [0.05, 0.1) is 0 Å². The fraction of sp³-hybridized carbons (Fsp3) is 0.571. The van der Waals surface area contributed by atoms with Crippen LogP contribution in [-0.4, -0.2) is 59.8 Å². The van der Waals surface area contributed by atoms with E-state index in [-0.39, 0.29) is 42.1 Å². The van der Waals surface area contributed by atoms with E-state index in [9.17, 15) is 14.4 Å². The summed E-state index contributed by atoms with van der Waals surface area (Å²) in [5.74, 6) is 0.313. The minimum absolute atomic E-state index is 0.0583. The average Bonchev–Trinajstić information content (AvgIpc) is 2.68. The van der Waals surface area contributed by atoms with Gasteiger partial charge in [0.15, 0.2) is 0 Å². The van der Waals surface area contributed by atoms with Crippen LogP contribution < -0.4 is 10.5 Å². The van der Waals surface area contributed by atoms with Crippen LogP contribution in [0.5, 0.6) is 5.75 Å². The highest BCUT2D eigenvalue weighted by atomic mass is 79.9. The molecule has 3 rings (SSSR count). The number of likely N-dealkylation sites (tertiary alicyclic amines) is 2. The summed E-state index contributed by atoms with van der Waals surface area (Å²) in [7, 11) is 0. The SMILES string of the molecule is CC(=O)N1CCC(C(=O)N2CC[C@H](Oc3cccc(Br)c3)[C@@H](CC(N)=O)C2)CC1. The van der Waals surface area contributed by atoms with Crippen molar-refractivity contribution < 1.29 is 19.1 Å². The quantitative estimate of drug-likeness (QED) is 0.720. The summed E-state index contributed by atoms with van der Waals surface area (Å²) in [6.07, 6.45) is 2.05. The molecule has 0 unspecified atom stereocenters. The summed E-state index contributed by atoms with van der Waals surface area (Å²) < 4.78 is 7.07. The number of halogens is 1. The van der Waals surface area contributed by atoms with E-state index in [0.29, 0.717) is 45.4 Å². The minimum Gasteiger partial charge on any atom is -0.490 e. The predicted octanol–water partition coefficient (Wildman–Crippen LogP) is 2.18. The molecule has 0 aromatic heterocycles. The fourth-order valence-electron chi connectivity index (χ4n) is 4.24. The van der Waals surface area contributed by atoms with Crippen LogP contribution in [0.3, 0.4) is 0 Å². The van der Waals surface area contributed by atoms with E-state index in [1.807, 2.05) is 29.2 Å². The Kier molecular flexibility index (Phi) is 7.16. The zero-order valence-electron chi connectivity index (χ0n) is 16.7. The Morgan fingerprint density at radius 2 is 1.83 bits per heavy atom. The lowest BCUT2D eigenvalue weighted by Gasteiger charge is -2.40. The number of amides is 3. The third kappa shape index (κ3) is 5.72. The third-order valence-corrected chi connectivity index (χ3v) is 6.31. The van der Waals surface area contributed by atoms with E-state index in [1.54, 1.807) is 11.8 Å². The topological polar surface area (TPSA) is 92.9 Å². The van der Waals surface area contributed by atoms with Gasteiger partial charge < -0.3 is 20.3 Å². The van der Waals surface area contributed by atoms with Gasteiger partial charge in [-0.15, -0.1) is 0 Å². The molecular weight excluding hydrogens is 438 g/mol. The normalized spacial score (nSPS) is 23.0. The van der Waals surface area contributed by atoms with E-state index < -0.39 is 0 Å². The molecule has 0 aliphatic carbocycles. The Balaban J connectivity index is 1.62. The number of piperidine rings is 2. The molecule has 2 saturated heterocycles. The molecule has 2 fully saturated rings. The second-order valence-electron chi connectivity index (χ2n) is 7.90. The number of ether oxygens (including phenoxy) is 1. The van der Waals surface area contributed by atoms with E-state index in [0.717, 1.165) is 10.2 Å². The molecule has 29 heavy (non-hydrogen) atoms. The summed E-state index contributed by atoms with van der Waals surface area (Å²) in [6, 6.07) is 7.59. The Labute approximate surface area is 179 Å². The molecular formula is C21H28BrN3O4. The van der Waals surface area contributed by atoms with Crippen molar-refractivity contribution in [1.82, 2.24) is 9.80 Å². The standard InChI is InChI=1S/C21H28BrN3O4/c1-14(26)24-8-5-15(6-9-24)21(28)25-10-7-19(16(13-25)11-20(23)27)29-18-4-2-3-17(22)12-18/h2-4,12,15-16,19H,5-11,13H2,1H3,(H2,23,27)/t16-,19-/m0/s1. The Bertz CT molecular complexity index is 764. The lowest BCUT2D eigenvalue weighted by molar-refractivity contribution is -0.143. The number of hydrogen-bond acceptors (Lipinski definition) is 4. The van der Waals surface area contributed by atoms with Gasteiger partial charge >= 0.3 is 0 Å². The van der Waals surface area contributed by atoms with Crippen molar-refractivity contribution in [2.45, 2.75) is 38.7 Å². The smallest absolute Gasteiger partial charge is 0.225 e. The lowest BCUT2D eigenvalue weighted by Crippen LogP contribution is -2.51. The van der Waals surface area contributed by atoms with E-state index in [1.165, 1.54) is 0 Å². The maximum absolute atomic E-state index is 13.0. The van der Waals surface area contributed by atoms with Crippen LogP contribution in [0, 0.1) is 11.8 Å². The Morgan fingerprint density at radius 3 is 2.45 bits per heavy atom. The monoisotopic (exact) mass is 465 g/mol. The third-order valence-electron chi connectivity index (χ3n) is 5.81. The maximum atomic E-state index is 13.0. The molecule has 0 spiro atoms. The molecule has 2 atom stereocenters. The molecule has 158 valence electrons. The van der Waals surface area contributed by atoms with E-state index in [4.69, 9.17) is 10.5 Å². The van der Waals surface area contributed by atoms with E-state index in [2.05, 4.69) is 15.9 Å². The zero-order chi connectivity index (χ0) is 21.0. The lowest BCUT2D eigenvalue weighted by atomic mass is 9.88. The van der Waals surface area contributed by atoms with Crippen molar-refractivity contribution in [3.63, 3.8) is 0 Å². The molecule has 2 aliphatic rings. The fourth-order valence-corrected chi connectivity index (χ4v) is 4.61. The van der Waals surface area contributed by atoms with E-state index >= 15 is 0 Å². The summed E-state index contributed by atoms with van der Waals surface area (Å²) in [4.78, 5) is 39.8. The molecule has 0 saturated carbocycles. The number of benzene rings is 1. The van der Waals surface area contributed by atoms with Gasteiger partial charge in [0.25, 0.3) is 0 Å². The summed E-state index contributed by atoms with van der Waals surface area (Å²) in [5.41, 5.74) is 5.47. The van der Waals surface area contributed by atoms with Gasteiger partial charge in [0.2, 0.25) is 17.7 Å². The largest absolute Gasteiger partial charge is 0.490 e. The van der Waals surface area contributed by atoms with Gasteiger partial charge in [-0.1, -0.05) is 22.0 Å². The summed E-state index contributed by atoms with van der Waals surface area (Å²) >= 11 is 3.44. The van der Waals surface area contributed by atoms with Crippen molar-refractivity contribution in [2.75, 3.05) is 26.2 Å². The maximum Gasteiger partial charge on any atom is 0.225 e. The van der Waals surface area contributed by atoms with Gasteiger partial charge in [0.1, 0.15) is 11.9 Å². The molecule has 3 amide bonds. The first kappa shape index (κ1) is 21.6. The van der Waals surface area contributed by atoms with Crippen molar-refractivity contribution in [3.8, 4) is 5.75 Å². The molecule has 1 aromatic rings. The molecule has 0 bridgehead atoms. The molecule has 2 N–H and O–H groups in total. The molecule has 2 aliphatic heterocycles. The number of rotatable bonds is 5. The van der Waals surface area contributed by atoms with Crippen LogP contribution >= 0.6 is 15.9 Å².